The molecule has 0 aromatic carbocycles. The zero-order chi connectivity index (χ0) is 17.9. The van der Waals surface area contributed by atoms with Crippen LogP contribution in [0.2, 0.25) is 25.7 Å². The second-order valence-electron chi connectivity index (χ2n) is 7.30. The van der Waals surface area contributed by atoms with Gasteiger partial charge in [0.2, 0.25) is 0 Å². The Balaban J connectivity index is 1.76. The van der Waals surface area contributed by atoms with Crippen LogP contribution in [0.25, 0.3) is 22.3 Å². The lowest BCUT2D eigenvalue weighted by Gasteiger charge is -2.15. The van der Waals surface area contributed by atoms with Crippen molar-refractivity contribution >= 4 is 19.0 Å². The van der Waals surface area contributed by atoms with Gasteiger partial charge in [0.1, 0.15) is 6.73 Å². The van der Waals surface area contributed by atoms with E-state index in [1.54, 1.807) is 18.3 Å². The molecule has 0 bridgehead atoms. The molecule has 0 fully saturated rings. The van der Waals surface area contributed by atoms with E-state index in [4.69, 9.17) is 10.00 Å². The topological polar surface area (TPSA) is 63.7 Å². The number of nitrogens with zero attached hydrogens (tertiary/aromatic N) is 4. The average Bonchev–Trinajstić information content (AvgIpc) is 3.00. The minimum atomic E-state index is -1.06. The van der Waals surface area contributed by atoms with Gasteiger partial charge < -0.3 is 9.30 Å². The van der Waals surface area contributed by atoms with E-state index in [9.17, 15) is 0 Å². The smallest absolute Gasteiger partial charge is 0.122 e. The molecule has 6 heteroatoms. The van der Waals surface area contributed by atoms with Gasteiger partial charge in [0.25, 0.3) is 0 Å². The van der Waals surface area contributed by atoms with Crippen molar-refractivity contribution in [3.05, 3.63) is 48.4 Å². The van der Waals surface area contributed by atoms with Crippen molar-refractivity contribution in [2.75, 3.05) is 6.61 Å². The van der Waals surface area contributed by atoms with E-state index in [0.29, 0.717) is 18.0 Å². The van der Waals surface area contributed by atoms with Crippen LogP contribution in [0.4, 0.5) is 0 Å². The van der Waals surface area contributed by atoms with Crippen LogP contribution in [-0.4, -0.2) is 29.2 Å². The largest absolute Gasteiger partial charge is 0.361 e. The molecular weight excluding hydrogens is 328 g/mol. The Kier molecular flexibility index (Phi) is 4.97. The Morgan fingerprint density at radius 2 is 1.96 bits per heavy atom. The second kappa shape index (κ2) is 7.17. The third kappa shape index (κ3) is 4.32. The fourth-order valence-corrected chi connectivity index (χ4v) is 3.28. The van der Waals surface area contributed by atoms with Gasteiger partial charge in [-0.05, 0) is 30.3 Å². The van der Waals surface area contributed by atoms with Crippen LogP contribution in [0, 0.1) is 11.3 Å². The molecule has 0 amide bonds. The SMILES string of the molecule is C[Si](C)(C)CCOCn1ccc2cc(-c3cc(C#N)ccn3)ncc21. The van der Waals surface area contributed by atoms with Gasteiger partial charge in [0.05, 0.1) is 34.7 Å². The monoisotopic (exact) mass is 350 g/mol. The van der Waals surface area contributed by atoms with Crippen molar-refractivity contribution in [2.24, 2.45) is 0 Å². The molecule has 0 atom stereocenters. The molecular formula is C19H22N4OSi. The Bertz CT molecular complexity index is 921. The van der Waals surface area contributed by atoms with E-state index >= 15 is 0 Å². The van der Waals surface area contributed by atoms with E-state index < -0.39 is 8.07 Å². The quantitative estimate of drug-likeness (QED) is 0.491. The first-order valence-corrected chi connectivity index (χ1v) is 12.1. The van der Waals surface area contributed by atoms with E-state index in [1.165, 1.54) is 0 Å². The number of ether oxygens (including phenoxy) is 1. The Hall–Kier alpha value is -2.49. The molecule has 0 aliphatic heterocycles. The molecule has 0 N–H and O–H groups in total. The summed E-state index contributed by atoms with van der Waals surface area (Å²) in [7, 11) is -1.06. The van der Waals surface area contributed by atoms with Gasteiger partial charge in [-0.25, -0.2) is 0 Å². The van der Waals surface area contributed by atoms with Gasteiger partial charge in [-0.1, -0.05) is 19.6 Å². The summed E-state index contributed by atoms with van der Waals surface area (Å²) in [5, 5.41) is 10.1. The molecule has 0 spiro atoms. The number of nitriles is 1. The lowest BCUT2D eigenvalue weighted by atomic mass is 10.1. The average molecular weight is 350 g/mol. The first-order chi connectivity index (χ1) is 12.0. The van der Waals surface area contributed by atoms with E-state index in [2.05, 4.69) is 46.3 Å². The molecule has 0 saturated heterocycles. The summed E-state index contributed by atoms with van der Waals surface area (Å²) in [5.74, 6) is 0. The standard InChI is InChI=1S/C19H22N4OSi/c1-25(2,3)9-8-24-14-23-7-5-16-11-18(22-13-19(16)23)17-10-15(12-20)4-6-21-17/h4-7,10-11,13H,8-9,14H2,1-3H3. The lowest BCUT2D eigenvalue weighted by Crippen LogP contribution is -2.21. The van der Waals surface area contributed by atoms with Crippen LogP contribution >= 0.6 is 0 Å². The van der Waals surface area contributed by atoms with E-state index in [0.717, 1.165) is 29.2 Å². The van der Waals surface area contributed by atoms with Crippen LogP contribution < -0.4 is 0 Å². The Labute approximate surface area is 148 Å². The zero-order valence-electron chi connectivity index (χ0n) is 14.9. The molecule has 0 saturated carbocycles. The van der Waals surface area contributed by atoms with Gasteiger partial charge in [0.15, 0.2) is 0 Å². The van der Waals surface area contributed by atoms with Crippen LogP contribution in [0.5, 0.6) is 0 Å². The van der Waals surface area contributed by atoms with Gasteiger partial charge in [-0.2, -0.15) is 5.26 Å². The van der Waals surface area contributed by atoms with Crippen molar-refractivity contribution in [1.82, 2.24) is 14.5 Å². The number of pyridine rings is 2. The maximum Gasteiger partial charge on any atom is 0.122 e. The summed E-state index contributed by atoms with van der Waals surface area (Å²) in [6, 6.07) is 10.8. The molecule has 3 rings (SSSR count). The summed E-state index contributed by atoms with van der Waals surface area (Å²) < 4.78 is 7.89. The molecule has 5 nitrogen and oxygen atoms in total. The first kappa shape index (κ1) is 17.3. The Morgan fingerprint density at radius 1 is 1.16 bits per heavy atom. The van der Waals surface area contributed by atoms with E-state index in [-0.39, 0.29) is 0 Å². The van der Waals surface area contributed by atoms with Gasteiger partial charge in [-0.3, -0.25) is 9.97 Å². The van der Waals surface area contributed by atoms with Crippen molar-refractivity contribution in [2.45, 2.75) is 32.4 Å². The summed E-state index contributed by atoms with van der Waals surface area (Å²) in [4.78, 5) is 8.83. The van der Waals surface area contributed by atoms with Gasteiger partial charge >= 0.3 is 0 Å². The highest BCUT2D eigenvalue weighted by atomic mass is 28.3. The Morgan fingerprint density at radius 3 is 2.72 bits per heavy atom. The van der Waals surface area contributed by atoms with Crippen LogP contribution in [0.3, 0.4) is 0 Å². The summed E-state index contributed by atoms with van der Waals surface area (Å²) in [5.41, 5.74) is 3.09. The van der Waals surface area contributed by atoms with Crippen LogP contribution in [0.1, 0.15) is 5.56 Å². The number of rotatable bonds is 6. The molecule has 0 aliphatic carbocycles. The first-order valence-electron chi connectivity index (χ1n) is 8.35. The minimum Gasteiger partial charge on any atom is -0.361 e. The van der Waals surface area contributed by atoms with Crippen molar-refractivity contribution in [3.63, 3.8) is 0 Å². The molecule has 3 aromatic heterocycles. The van der Waals surface area contributed by atoms with Gasteiger partial charge in [0, 0.05) is 32.5 Å². The van der Waals surface area contributed by atoms with Gasteiger partial charge in [-0.15, -0.1) is 0 Å². The minimum absolute atomic E-state index is 0.539. The third-order valence-corrected chi connectivity index (χ3v) is 5.74. The summed E-state index contributed by atoms with van der Waals surface area (Å²) in [6.07, 6.45) is 5.49. The molecule has 3 aromatic rings. The molecule has 0 radical (unpaired) electrons. The fraction of sp³-hybridized carbons (Fsp3) is 0.316. The second-order valence-corrected chi connectivity index (χ2v) is 12.9. The number of fused-ring (bicyclic) bond motifs is 1. The third-order valence-electron chi connectivity index (χ3n) is 4.04. The molecule has 25 heavy (non-hydrogen) atoms. The summed E-state index contributed by atoms with van der Waals surface area (Å²) in [6.45, 7) is 8.38. The molecule has 0 aliphatic rings. The predicted molar refractivity (Wildman–Crippen MR) is 102 cm³/mol. The highest BCUT2D eigenvalue weighted by molar-refractivity contribution is 6.76. The van der Waals surface area contributed by atoms with E-state index in [1.807, 2.05) is 18.5 Å². The highest BCUT2D eigenvalue weighted by Crippen LogP contribution is 2.22. The van der Waals surface area contributed by atoms with Crippen molar-refractivity contribution < 1.29 is 4.74 Å². The molecule has 128 valence electrons. The molecule has 3 heterocycles. The summed E-state index contributed by atoms with van der Waals surface area (Å²) >= 11 is 0. The predicted octanol–water partition coefficient (Wildman–Crippen LogP) is 4.28. The maximum absolute atomic E-state index is 9.02. The number of aromatic nitrogens is 3. The number of hydrogen-bond donors (Lipinski definition) is 0. The number of hydrogen-bond acceptors (Lipinski definition) is 4. The van der Waals surface area contributed by atoms with Crippen LogP contribution in [-0.2, 0) is 11.5 Å². The normalized spacial score (nSPS) is 11.6. The lowest BCUT2D eigenvalue weighted by molar-refractivity contribution is 0.0902. The maximum atomic E-state index is 9.02. The van der Waals surface area contributed by atoms with Crippen molar-refractivity contribution in [1.29, 1.82) is 5.26 Å². The van der Waals surface area contributed by atoms with Crippen LogP contribution in [0.15, 0.2) is 42.9 Å². The van der Waals surface area contributed by atoms with Crippen molar-refractivity contribution in [3.8, 4) is 17.5 Å². The fourth-order valence-electron chi connectivity index (χ4n) is 2.52. The molecule has 0 unspecified atom stereocenters. The zero-order valence-corrected chi connectivity index (χ0v) is 15.9. The highest BCUT2D eigenvalue weighted by Gasteiger charge is 2.12.